The highest BCUT2D eigenvalue weighted by molar-refractivity contribution is 7.90. The number of nitrogens with zero attached hydrogens (tertiary/aromatic N) is 1. The van der Waals surface area contributed by atoms with Crippen molar-refractivity contribution in [3.05, 3.63) is 90.0 Å². The second-order valence-corrected chi connectivity index (χ2v) is 10.6. The van der Waals surface area contributed by atoms with Crippen LogP contribution in [0.4, 0.5) is 5.69 Å². The molecule has 0 aromatic heterocycles. The van der Waals surface area contributed by atoms with E-state index in [-0.39, 0.29) is 18.4 Å². The summed E-state index contributed by atoms with van der Waals surface area (Å²) >= 11 is 0. The minimum atomic E-state index is -3.25. The predicted molar refractivity (Wildman–Crippen MR) is 138 cm³/mol. The Hall–Kier alpha value is -2.87. The van der Waals surface area contributed by atoms with E-state index in [4.69, 9.17) is 14.2 Å². The molecule has 0 fully saturated rings. The average molecular weight is 496 g/mol. The first-order valence-electron chi connectivity index (χ1n) is 12.0. The molecule has 6 nitrogen and oxygen atoms in total. The zero-order valence-electron chi connectivity index (χ0n) is 20.5. The number of anilines is 1. The first-order chi connectivity index (χ1) is 16.9. The summed E-state index contributed by atoms with van der Waals surface area (Å²) in [4.78, 5) is 2.63. The fraction of sp³-hybridized carbons (Fsp3) is 0.357. The van der Waals surface area contributed by atoms with Crippen molar-refractivity contribution in [1.82, 2.24) is 0 Å². The molecule has 0 radical (unpaired) electrons. The Morgan fingerprint density at radius 1 is 0.886 bits per heavy atom. The van der Waals surface area contributed by atoms with E-state index in [0.29, 0.717) is 31.1 Å². The monoisotopic (exact) mass is 495 g/mol. The maximum atomic E-state index is 11.9. The Labute approximate surface area is 208 Å². The maximum absolute atomic E-state index is 11.9. The van der Waals surface area contributed by atoms with Gasteiger partial charge >= 0.3 is 0 Å². The van der Waals surface area contributed by atoms with E-state index in [1.54, 1.807) is 12.1 Å². The largest absolute Gasteiger partial charge is 0.481 e. The normalized spacial score (nSPS) is 17.8. The van der Waals surface area contributed by atoms with Gasteiger partial charge in [0.15, 0.2) is 16.1 Å². The van der Waals surface area contributed by atoms with Gasteiger partial charge < -0.3 is 19.1 Å². The van der Waals surface area contributed by atoms with Crippen LogP contribution in [0.2, 0.25) is 0 Å². The summed E-state index contributed by atoms with van der Waals surface area (Å²) in [5, 5.41) is 0. The molecule has 1 aliphatic rings. The summed E-state index contributed by atoms with van der Waals surface area (Å²) in [5.41, 5.74) is 3.09. The van der Waals surface area contributed by atoms with E-state index in [2.05, 4.69) is 23.1 Å². The molecule has 0 bridgehead atoms. The molecule has 1 heterocycles. The summed E-state index contributed by atoms with van der Waals surface area (Å²) in [5.74, 6) is 0.816. The lowest BCUT2D eigenvalue weighted by Crippen LogP contribution is -2.50. The van der Waals surface area contributed by atoms with E-state index < -0.39 is 9.84 Å². The molecule has 4 rings (SSSR count). The molecule has 7 heteroatoms. The Kier molecular flexibility index (Phi) is 8.11. The van der Waals surface area contributed by atoms with Crippen molar-refractivity contribution in [2.24, 2.45) is 0 Å². The Balaban J connectivity index is 1.75. The number of hydrogen-bond acceptors (Lipinski definition) is 6. The Morgan fingerprint density at radius 3 is 2.14 bits per heavy atom. The summed E-state index contributed by atoms with van der Waals surface area (Å²) in [6.45, 7) is 5.57. The van der Waals surface area contributed by atoms with Crippen molar-refractivity contribution in [3.63, 3.8) is 0 Å². The van der Waals surface area contributed by atoms with Gasteiger partial charge in [-0.2, -0.15) is 0 Å². The zero-order valence-corrected chi connectivity index (χ0v) is 21.3. The van der Waals surface area contributed by atoms with Crippen molar-refractivity contribution >= 4 is 15.5 Å². The van der Waals surface area contributed by atoms with Crippen LogP contribution >= 0.6 is 0 Å². The van der Waals surface area contributed by atoms with Crippen LogP contribution in [0.25, 0.3) is 0 Å². The van der Waals surface area contributed by atoms with Crippen LogP contribution in [0.1, 0.15) is 31.1 Å². The lowest BCUT2D eigenvalue weighted by Gasteiger charge is -2.45. The summed E-state index contributed by atoms with van der Waals surface area (Å²) < 4.78 is 42.3. The first-order valence-corrected chi connectivity index (χ1v) is 13.9. The lowest BCUT2D eigenvalue weighted by atomic mass is 9.92. The minimum absolute atomic E-state index is 0.0696. The smallest absolute Gasteiger partial charge is 0.175 e. The Morgan fingerprint density at radius 2 is 1.51 bits per heavy atom. The molecule has 2 atom stereocenters. The van der Waals surface area contributed by atoms with Crippen LogP contribution in [-0.2, 0) is 25.7 Å². The Bertz CT molecular complexity index is 1190. The molecule has 3 aromatic rings. The predicted octanol–water partition coefficient (Wildman–Crippen LogP) is 5.04. The van der Waals surface area contributed by atoms with Gasteiger partial charge in [0.1, 0.15) is 11.9 Å². The van der Waals surface area contributed by atoms with Crippen molar-refractivity contribution in [1.29, 1.82) is 0 Å². The van der Waals surface area contributed by atoms with Crippen LogP contribution in [-0.4, -0.2) is 46.8 Å². The third kappa shape index (κ3) is 6.04. The third-order valence-electron chi connectivity index (χ3n) is 6.15. The van der Waals surface area contributed by atoms with Gasteiger partial charge in [-0.05, 0) is 55.7 Å². The van der Waals surface area contributed by atoms with Gasteiger partial charge in [-0.1, -0.05) is 54.6 Å². The van der Waals surface area contributed by atoms with Crippen LogP contribution in [0.3, 0.4) is 0 Å². The summed E-state index contributed by atoms with van der Waals surface area (Å²) in [6, 6.07) is 25.3. The van der Waals surface area contributed by atoms with Crippen molar-refractivity contribution in [2.75, 3.05) is 30.9 Å². The molecular weight excluding hydrogens is 462 g/mol. The van der Waals surface area contributed by atoms with Crippen LogP contribution in [0.15, 0.2) is 83.8 Å². The topological polar surface area (TPSA) is 65.1 Å². The lowest BCUT2D eigenvalue weighted by molar-refractivity contribution is -0.131. The van der Waals surface area contributed by atoms with Crippen LogP contribution in [0, 0.1) is 0 Å². The molecule has 0 amide bonds. The van der Waals surface area contributed by atoms with Crippen molar-refractivity contribution in [2.45, 2.75) is 43.6 Å². The highest BCUT2D eigenvalue weighted by Gasteiger charge is 2.38. The average Bonchev–Trinajstić information content (AvgIpc) is 2.86. The standard InChI is InChI=1S/C28H33NO5S/c1-4-32-27(33-5-2)20-29-24-13-9-10-14-26(24)34-28(22-11-7-6-8-12-22)25(29)19-21-15-17-23(18-16-21)35(3,30)31/h6-18,25,27-28H,4-5,19-20H2,1-3H3. The number of fused-ring (bicyclic) bond motifs is 1. The quantitative estimate of drug-likeness (QED) is 0.367. The van der Waals surface area contributed by atoms with Gasteiger partial charge in [-0.25, -0.2) is 8.42 Å². The number of rotatable bonds is 10. The number of sulfone groups is 1. The van der Waals surface area contributed by atoms with E-state index in [9.17, 15) is 8.42 Å². The van der Waals surface area contributed by atoms with Gasteiger partial charge in [0.25, 0.3) is 0 Å². The second-order valence-electron chi connectivity index (χ2n) is 8.60. The van der Waals surface area contributed by atoms with E-state index >= 15 is 0 Å². The molecule has 0 saturated heterocycles. The maximum Gasteiger partial charge on any atom is 0.175 e. The highest BCUT2D eigenvalue weighted by atomic mass is 32.2. The van der Waals surface area contributed by atoms with Gasteiger partial charge in [0.2, 0.25) is 0 Å². The van der Waals surface area contributed by atoms with Gasteiger partial charge in [-0.15, -0.1) is 0 Å². The van der Waals surface area contributed by atoms with E-state index in [1.165, 1.54) is 6.26 Å². The van der Waals surface area contributed by atoms with Crippen LogP contribution < -0.4 is 9.64 Å². The fourth-order valence-corrected chi connectivity index (χ4v) is 5.17. The van der Waals surface area contributed by atoms with Crippen molar-refractivity contribution in [3.8, 4) is 5.75 Å². The molecular formula is C28H33NO5S. The molecule has 0 N–H and O–H groups in total. The number of para-hydroxylation sites is 2. The van der Waals surface area contributed by atoms with Gasteiger partial charge in [0.05, 0.1) is 23.2 Å². The molecule has 0 saturated carbocycles. The molecule has 35 heavy (non-hydrogen) atoms. The first kappa shape index (κ1) is 25.2. The van der Waals surface area contributed by atoms with Crippen molar-refractivity contribution < 1.29 is 22.6 Å². The van der Waals surface area contributed by atoms with Crippen LogP contribution in [0.5, 0.6) is 5.75 Å². The number of ether oxygens (including phenoxy) is 3. The molecule has 0 spiro atoms. The van der Waals surface area contributed by atoms with E-state index in [1.807, 2.05) is 62.4 Å². The van der Waals surface area contributed by atoms with Gasteiger partial charge in [-0.3, -0.25) is 0 Å². The molecule has 2 unspecified atom stereocenters. The number of benzene rings is 3. The zero-order chi connectivity index (χ0) is 24.8. The third-order valence-corrected chi connectivity index (χ3v) is 7.28. The number of hydrogen-bond donors (Lipinski definition) is 0. The molecule has 1 aliphatic heterocycles. The molecule has 186 valence electrons. The van der Waals surface area contributed by atoms with E-state index in [0.717, 1.165) is 22.6 Å². The second kappa shape index (κ2) is 11.2. The summed E-state index contributed by atoms with van der Waals surface area (Å²) in [7, 11) is -3.25. The molecule has 0 aliphatic carbocycles. The SMILES string of the molecule is CCOC(CN1c2ccccc2OC(c2ccccc2)C1Cc1ccc(S(C)(=O)=O)cc1)OCC. The highest BCUT2D eigenvalue weighted by Crippen LogP contribution is 2.42. The minimum Gasteiger partial charge on any atom is -0.481 e. The molecule has 3 aromatic carbocycles. The summed E-state index contributed by atoms with van der Waals surface area (Å²) in [6.07, 6.45) is 1.26. The fourth-order valence-electron chi connectivity index (χ4n) is 4.54. The van der Waals surface area contributed by atoms with Gasteiger partial charge in [0, 0.05) is 19.5 Å².